The van der Waals surface area contributed by atoms with Crippen LogP contribution in [0.15, 0.2) is 12.1 Å². The minimum Gasteiger partial charge on any atom is -0.379 e. The van der Waals surface area contributed by atoms with Gasteiger partial charge in [0.05, 0.1) is 18.3 Å². The van der Waals surface area contributed by atoms with Gasteiger partial charge in [-0.1, -0.05) is 11.6 Å². The molecule has 2 saturated heterocycles. The van der Waals surface area contributed by atoms with E-state index in [2.05, 4.69) is 20.5 Å². The molecule has 3 heterocycles. The van der Waals surface area contributed by atoms with Crippen LogP contribution < -0.4 is 15.5 Å². The maximum atomic E-state index is 12.1. The van der Waals surface area contributed by atoms with Crippen molar-refractivity contribution in [1.82, 2.24) is 15.6 Å². The standard InChI is InChI=1S/C14H19ClN4O2/c15-13-12(19-6-4-16-5-7-19)2-1-11(18-13)14(20)17-10-3-8-21-9-10/h1-2,10,16H,3-9H2,(H,17,20). The van der Waals surface area contributed by atoms with Crippen LogP contribution in [-0.2, 0) is 4.74 Å². The molecule has 3 rings (SSSR count). The van der Waals surface area contributed by atoms with Crippen LogP contribution in [0.4, 0.5) is 5.69 Å². The number of nitrogens with one attached hydrogen (secondary N) is 2. The number of aromatic nitrogens is 1. The highest BCUT2D eigenvalue weighted by molar-refractivity contribution is 6.32. The zero-order chi connectivity index (χ0) is 14.7. The quantitative estimate of drug-likeness (QED) is 0.803. The molecule has 1 amide bonds. The molecule has 7 heteroatoms. The molecule has 2 fully saturated rings. The lowest BCUT2D eigenvalue weighted by molar-refractivity contribution is 0.0925. The molecule has 0 bridgehead atoms. The molecule has 1 atom stereocenters. The summed E-state index contributed by atoms with van der Waals surface area (Å²) < 4.78 is 5.24. The van der Waals surface area contributed by atoms with Gasteiger partial charge in [0, 0.05) is 32.8 Å². The number of hydrogen-bond acceptors (Lipinski definition) is 5. The Morgan fingerprint density at radius 3 is 2.90 bits per heavy atom. The van der Waals surface area contributed by atoms with Crippen molar-refractivity contribution in [3.8, 4) is 0 Å². The molecule has 1 unspecified atom stereocenters. The van der Waals surface area contributed by atoms with Crippen molar-refractivity contribution in [2.75, 3.05) is 44.3 Å². The number of halogens is 1. The summed E-state index contributed by atoms with van der Waals surface area (Å²) in [6.45, 7) is 4.92. The highest BCUT2D eigenvalue weighted by Crippen LogP contribution is 2.24. The Kier molecular flexibility index (Phi) is 4.57. The minimum absolute atomic E-state index is 0.0749. The van der Waals surface area contributed by atoms with E-state index in [1.807, 2.05) is 6.07 Å². The number of anilines is 1. The molecule has 2 aliphatic rings. The Hall–Kier alpha value is -1.37. The second-order valence-electron chi connectivity index (χ2n) is 5.28. The van der Waals surface area contributed by atoms with E-state index in [1.54, 1.807) is 6.07 Å². The fourth-order valence-electron chi connectivity index (χ4n) is 2.60. The fraction of sp³-hybridized carbons (Fsp3) is 0.571. The molecule has 0 aliphatic carbocycles. The second kappa shape index (κ2) is 6.60. The van der Waals surface area contributed by atoms with Gasteiger partial charge < -0.3 is 20.3 Å². The van der Waals surface area contributed by atoms with Gasteiger partial charge in [-0.05, 0) is 18.6 Å². The van der Waals surface area contributed by atoms with E-state index in [4.69, 9.17) is 16.3 Å². The summed E-state index contributed by atoms with van der Waals surface area (Å²) in [6, 6.07) is 3.68. The minimum atomic E-state index is -0.195. The molecule has 21 heavy (non-hydrogen) atoms. The molecule has 6 nitrogen and oxygen atoms in total. The summed E-state index contributed by atoms with van der Waals surface area (Å²) in [4.78, 5) is 18.5. The third kappa shape index (κ3) is 3.45. The van der Waals surface area contributed by atoms with Gasteiger partial charge in [0.1, 0.15) is 5.69 Å². The number of carbonyl (C=O) groups excluding carboxylic acids is 1. The normalized spacial score (nSPS) is 22.3. The highest BCUT2D eigenvalue weighted by Gasteiger charge is 2.21. The van der Waals surface area contributed by atoms with Gasteiger partial charge in [-0.2, -0.15) is 0 Å². The van der Waals surface area contributed by atoms with Crippen LogP contribution in [-0.4, -0.2) is 56.3 Å². The molecule has 2 N–H and O–H groups in total. The number of carbonyl (C=O) groups is 1. The average Bonchev–Trinajstić information content (AvgIpc) is 3.01. The molecule has 2 aliphatic heterocycles. The Labute approximate surface area is 128 Å². The van der Waals surface area contributed by atoms with Crippen LogP contribution in [0.1, 0.15) is 16.9 Å². The first-order valence-corrected chi connectivity index (χ1v) is 7.62. The van der Waals surface area contributed by atoms with Gasteiger partial charge >= 0.3 is 0 Å². The predicted octanol–water partition coefficient (Wildman–Crippen LogP) is 0.663. The third-order valence-corrected chi connectivity index (χ3v) is 4.06. The Morgan fingerprint density at radius 1 is 1.43 bits per heavy atom. The van der Waals surface area contributed by atoms with Gasteiger partial charge in [-0.15, -0.1) is 0 Å². The van der Waals surface area contributed by atoms with Gasteiger partial charge in [-0.3, -0.25) is 4.79 Å². The van der Waals surface area contributed by atoms with E-state index in [0.29, 0.717) is 24.1 Å². The topological polar surface area (TPSA) is 66.5 Å². The van der Waals surface area contributed by atoms with Crippen molar-refractivity contribution >= 4 is 23.2 Å². The highest BCUT2D eigenvalue weighted by atomic mass is 35.5. The van der Waals surface area contributed by atoms with Gasteiger partial charge in [-0.25, -0.2) is 4.98 Å². The van der Waals surface area contributed by atoms with E-state index >= 15 is 0 Å². The number of nitrogens with zero attached hydrogens (tertiary/aromatic N) is 2. The van der Waals surface area contributed by atoms with Crippen molar-refractivity contribution in [3.63, 3.8) is 0 Å². The monoisotopic (exact) mass is 310 g/mol. The first-order chi connectivity index (χ1) is 10.2. The molecule has 1 aromatic heterocycles. The van der Waals surface area contributed by atoms with Crippen LogP contribution in [0.25, 0.3) is 0 Å². The van der Waals surface area contributed by atoms with Crippen LogP contribution in [0, 0.1) is 0 Å². The van der Waals surface area contributed by atoms with E-state index in [1.165, 1.54) is 0 Å². The van der Waals surface area contributed by atoms with Crippen LogP contribution in [0.3, 0.4) is 0 Å². The molecular formula is C14H19ClN4O2. The number of ether oxygens (including phenoxy) is 1. The first kappa shape index (κ1) is 14.6. The fourth-order valence-corrected chi connectivity index (χ4v) is 2.88. The summed E-state index contributed by atoms with van der Waals surface area (Å²) in [5.74, 6) is -0.195. The molecule has 114 valence electrons. The summed E-state index contributed by atoms with van der Waals surface area (Å²) in [6.07, 6.45) is 0.846. The maximum absolute atomic E-state index is 12.1. The third-order valence-electron chi connectivity index (χ3n) is 3.78. The Balaban J connectivity index is 1.69. The van der Waals surface area contributed by atoms with Gasteiger partial charge in [0.25, 0.3) is 5.91 Å². The molecule has 1 aromatic rings. The average molecular weight is 311 g/mol. The number of hydrogen-bond donors (Lipinski definition) is 2. The predicted molar refractivity (Wildman–Crippen MR) is 81.0 cm³/mol. The van der Waals surface area contributed by atoms with E-state index in [-0.39, 0.29) is 11.9 Å². The van der Waals surface area contributed by atoms with Crippen molar-refractivity contribution in [2.45, 2.75) is 12.5 Å². The van der Waals surface area contributed by atoms with E-state index < -0.39 is 0 Å². The lowest BCUT2D eigenvalue weighted by atomic mass is 10.2. The first-order valence-electron chi connectivity index (χ1n) is 7.25. The molecule has 0 spiro atoms. The Bertz CT molecular complexity index is 514. The summed E-state index contributed by atoms with van der Waals surface area (Å²) in [5, 5.41) is 6.59. The molecule has 0 aromatic carbocycles. The lowest BCUT2D eigenvalue weighted by Crippen LogP contribution is -2.43. The maximum Gasteiger partial charge on any atom is 0.270 e. The van der Waals surface area contributed by atoms with Crippen molar-refractivity contribution in [1.29, 1.82) is 0 Å². The van der Waals surface area contributed by atoms with Crippen molar-refractivity contribution < 1.29 is 9.53 Å². The second-order valence-corrected chi connectivity index (χ2v) is 5.64. The number of amides is 1. The van der Waals surface area contributed by atoms with Crippen molar-refractivity contribution in [2.24, 2.45) is 0 Å². The molecule has 0 radical (unpaired) electrons. The van der Waals surface area contributed by atoms with Crippen LogP contribution in [0.5, 0.6) is 0 Å². The van der Waals surface area contributed by atoms with Crippen LogP contribution >= 0.6 is 11.6 Å². The lowest BCUT2D eigenvalue weighted by Gasteiger charge is -2.29. The SMILES string of the molecule is O=C(NC1CCOC1)c1ccc(N2CCNCC2)c(Cl)n1. The smallest absolute Gasteiger partial charge is 0.270 e. The zero-order valence-corrected chi connectivity index (χ0v) is 12.5. The number of rotatable bonds is 3. The van der Waals surface area contributed by atoms with Crippen molar-refractivity contribution in [3.05, 3.63) is 23.0 Å². The number of pyridine rings is 1. The molecular weight excluding hydrogens is 292 g/mol. The van der Waals surface area contributed by atoms with Crippen LogP contribution in [0.2, 0.25) is 5.15 Å². The largest absolute Gasteiger partial charge is 0.379 e. The summed E-state index contributed by atoms with van der Waals surface area (Å²) in [7, 11) is 0. The van der Waals surface area contributed by atoms with E-state index in [0.717, 1.165) is 38.3 Å². The number of piperazine rings is 1. The summed E-state index contributed by atoms with van der Waals surface area (Å²) in [5.41, 5.74) is 1.24. The van der Waals surface area contributed by atoms with Gasteiger partial charge in [0.2, 0.25) is 0 Å². The van der Waals surface area contributed by atoms with E-state index in [9.17, 15) is 4.79 Å². The summed E-state index contributed by atoms with van der Waals surface area (Å²) >= 11 is 6.25. The van der Waals surface area contributed by atoms with Gasteiger partial charge in [0.15, 0.2) is 5.15 Å². The zero-order valence-electron chi connectivity index (χ0n) is 11.8. The Morgan fingerprint density at radius 2 is 2.24 bits per heavy atom. The molecule has 0 saturated carbocycles.